The van der Waals surface area contributed by atoms with Crippen molar-refractivity contribution in [2.45, 2.75) is 142 Å². The largest absolute Gasteiger partial charge is 0.513 e. The van der Waals surface area contributed by atoms with Crippen molar-refractivity contribution in [2.24, 2.45) is 17.8 Å². The third kappa shape index (κ3) is 10.2. The van der Waals surface area contributed by atoms with Crippen LogP contribution in [0.5, 0.6) is 5.75 Å². The minimum atomic E-state index is -0.981. The summed E-state index contributed by atoms with van der Waals surface area (Å²) in [5, 5.41) is 1.16. The fourth-order valence-electron chi connectivity index (χ4n) is 9.55. The first-order valence-electron chi connectivity index (χ1n) is 20.5. The summed E-state index contributed by atoms with van der Waals surface area (Å²) in [5.74, 6) is 0.681. The lowest BCUT2D eigenvalue weighted by Crippen LogP contribution is -2.58. The number of piperidine rings is 2. The molecule has 5 aliphatic rings. The van der Waals surface area contributed by atoms with Crippen LogP contribution in [0, 0.1) is 17.8 Å². The van der Waals surface area contributed by atoms with E-state index in [4.69, 9.17) is 33.2 Å². The zero-order valence-corrected chi connectivity index (χ0v) is 33.2. The maximum Gasteiger partial charge on any atom is 0.513 e. The average Bonchev–Trinajstić information content (AvgIpc) is 3.46. The van der Waals surface area contributed by atoms with Crippen LogP contribution in [-0.4, -0.2) is 97.5 Å². The first-order valence-corrected chi connectivity index (χ1v) is 20.5. The molecule has 7 rings (SSSR count). The smallest absolute Gasteiger partial charge is 0.463 e. The van der Waals surface area contributed by atoms with E-state index in [9.17, 15) is 19.2 Å². The van der Waals surface area contributed by atoms with Crippen molar-refractivity contribution >= 4 is 35.0 Å². The minimum Gasteiger partial charge on any atom is -0.463 e. The Morgan fingerprint density at radius 1 is 0.873 bits per heavy atom. The summed E-state index contributed by atoms with van der Waals surface area (Å²) < 4.78 is 39.3. The van der Waals surface area contributed by atoms with Crippen molar-refractivity contribution in [2.75, 3.05) is 32.9 Å². The van der Waals surface area contributed by atoms with Crippen LogP contribution in [0.15, 0.2) is 18.2 Å². The predicted molar refractivity (Wildman–Crippen MR) is 202 cm³/mol. The molecule has 13 heteroatoms. The van der Waals surface area contributed by atoms with Crippen LogP contribution in [-0.2, 0) is 49.2 Å². The molecule has 4 bridgehead atoms. The van der Waals surface area contributed by atoms with Gasteiger partial charge in [0.05, 0.1) is 6.61 Å². The number of esters is 3. The molecule has 2 aromatic rings. The third-order valence-electron chi connectivity index (χ3n) is 12.0. The molecule has 10 atom stereocenters. The molecule has 55 heavy (non-hydrogen) atoms. The zero-order valence-electron chi connectivity index (χ0n) is 33.2. The molecular formula is C42H60N2O11. The molecule has 1 aromatic carbocycles. The van der Waals surface area contributed by atoms with Gasteiger partial charge in [0, 0.05) is 74.9 Å². The van der Waals surface area contributed by atoms with E-state index in [2.05, 4.69) is 16.8 Å². The molecule has 1 N–H and O–H groups in total. The van der Waals surface area contributed by atoms with Crippen LogP contribution in [0.4, 0.5) is 4.79 Å². The van der Waals surface area contributed by atoms with Crippen LogP contribution >= 0.6 is 0 Å². The summed E-state index contributed by atoms with van der Waals surface area (Å²) in [5.41, 5.74) is 3.90. The van der Waals surface area contributed by atoms with E-state index in [0.717, 1.165) is 80.7 Å². The number of aromatic nitrogens is 1. The lowest BCUT2D eigenvalue weighted by Gasteiger charge is -2.53. The molecule has 1 aromatic heterocycles. The fourth-order valence-corrected chi connectivity index (χ4v) is 9.55. The van der Waals surface area contributed by atoms with Crippen molar-refractivity contribution in [1.29, 1.82) is 0 Å². The number of carbonyl (C=O) groups excluding carboxylic acids is 4. The van der Waals surface area contributed by atoms with Gasteiger partial charge < -0.3 is 38.1 Å². The van der Waals surface area contributed by atoms with E-state index in [1.807, 2.05) is 18.2 Å². The van der Waals surface area contributed by atoms with Gasteiger partial charge >= 0.3 is 24.1 Å². The fraction of sp³-hybridized carbons (Fsp3) is 0.714. The molecule has 304 valence electrons. The van der Waals surface area contributed by atoms with Gasteiger partial charge in [-0.3, -0.25) is 19.3 Å². The second kappa shape index (κ2) is 19.0. The summed E-state index contributed by atoms with van der Waals surface area (Å²) in [4.78, 5) is 54.3. The van der Waals surface area contributed by atoms with Gasteiger partial charge in [0.25, 0.3) is 0 Å². The summed E-state index contributed by atoms with van der Waals surface area (Å²) in [6.07, 6.45) is 7.24. The predicted octanol–water partition coefficient (Wildman–Crippen LogP) is 6.98. The maximum atomic E-state index is 12.6. The normalized spacial score (nSPS) is 29.5. The van der Waals surface area contributed by atoms with Crippen LogP contribution in [0.25, 0.3) is 10.9 Å². The third-order valence-corrected chi connectivity index (χ3v) is 12.0. The highest BCUT2D eigenvalue weighted by molar-refractivity contribution is 5.87. The molecular weight excluding hydrogens is 708 g/mol. The molecule has 1 saturated carbocycles. The highest BCUT2D eigenvalue weighted by Crippen LogP contribution is 2.51. The Labute approximate surface area is 324 Å². The van der Waals surface area contributed by atoms with E-state index in [0.29, 0.717) is 30.9 Å². The lowest BCUT2D eigenvalue weighted by molar-refractivity contribution is -0.294. The number of rotatable bonds is 17. The van der Waals surface area contributed by atoms with E-state index >= 15 is 0 Å². The standard InChI is InChI=1S/C42H60N2O11/c1-6-30-20-29-21-34-37-32(16-17-44(23-29)38(30)34)33-22-31(14-15-35(33)43-37)54-42(48)50-19-13-11-9-7-8-10-12-18-49-41-40(53-28(5)47)39(52-27(4)46)25(2)36(55-41)24-51-26(3)45/h14-15,22,25,29-30,34,36,38-41,43H,6-13,16-21,23-24H2,1-5H3/t25-,29+,30+,34+,36-,38?,39+,40+,41+/m1/s1. The van der Waals surface area contributed by atoms with Gasteiger partial charge in [0.2, 0.25) is 0 Å². The maximum absolute atomic E-state index is 12.6. The second-order valence-corrected chi connectivity index (χ2v) is 16.0. The Morgan fingerprint density at radius 3 is 2.29 bits per heavy atom. The van der Waals surface area contributed by atoms with Gasteiger partial charge in [-0.05, 0) is 67.7 Å². The number of fused-ring (bicyclic) bond motifs is 4. The molecule has 0 radical (unpaired) electrons. The van der Waals surface area contributed by atoms with E-state index in [1.165, 1.54) is 57.8 Å². The number of aromatic amines is 1. The van der Waals surface area contributed by atoms with Gasteiger partial charge in [-0.2, -0.15) is 0 Å². The SMILES string of the molecule is CC[C@H]1C[C@H]2C[C@H]3c4[nH]c5ccc(OC(=O)OCCCCCCCCCO[C@H]6O[C@H](COC(C)=O)[C@@H](C)[C@H](OC(C)=O)[C@@H]6OC(C)=O)cc5c4CCN(C2)C13. The number of nitrogens with zero attached hydrogens (tertiary/aromatic N) is 1. The van der Waals surface area contributed by atoms with Crippen molar-refractivity contribution in [3.05, 3.63) is 29.5 Å². The number of unbranched alkanes of at least 4 members (excludes halogenated alkanes) is 6. The highest BCUT2D eigenvalue weighted by atomic mass is 16.7. The minimum absolute atomic E-state index is 0.0431. The topological polar surface area (TPSA) is 152 Å². The molecule has 4 fully saturated rings. The zero-order chi connectivity index (χ0) is 39.1. The molecule has 0 amide bonds. The Morgan fingerprint density at radius 2 is 1.58 bits per heavy atom. The first-order chi connectivity index (χ1) is 26.5. The quantitative estimate of drug-likeness (QED) is 0.0765. The number of hydrogen-bond acceptors (Lipinski definition) is 12. The monoisotopic (exact) mass is 768 g/mol. The summed E-state index contributed by atoms with van der Waals surface area (Å²) in [7, 11) is 0. The first kappa shape index (κ1) is 41.0. The van der Waals surface area contributed by atoms with E-state index < -0.39 is 54.6 Å². The highest BCUT2D eigenvalue weighted by Gasteiger charge is 2.50. The van der Waals surface area contributed by atoms with Crippen molar-refractivity contribution in [1.82, 2.24) is 9.88 Å². The molecule has 1 aliphatic carbocycles. The Kier molecular flexibility index (Phi) is 14.1. The van der Waals surface area contributed by atoms with Crippen molar-refractivity contribution in [3.63, 3.8) is 0 Å². The van der Waals surface area contributed by atoms with Gasteiger partial charge in [-0.1, -0.05) is 52.4 Å². The van der Waals surface area contributed by atoms with Crippen molar-refractivity contribution < 1.29 is 52.3 Å². The second-order valence-electron chi connectivity index (χ2n) is 16.0. The number of carbonyl (C=O) groups is 4. The number of H-pyrrole nitrogens is 1. The molecule has 2 unspecified atom stereocenters. The Hall–Kier alpha value is -3.68. The number of ether oxygens (including phenoxy) is 7. The molecule has 13 nitrogen and oxygen atoms in total. The number of hydrogen-bond donors (Lipinski definition) is 1. The molecule has 0 spiro atoms. The summed E-state index contributed by atoms with van der Waals surface area (Å²) in [6, 6.07) is 6.51. The average molecular weight is 769 g/mol. The molecule has 4 aliphatic heterocycles. The Bertz CT molecular complexity index is 1640. The summed E-state index contributed by atoms with van der Waals surface area (Å²) >= 11 is 0. The van der Waals surface area contributed by atoms with Crippen molar-refractivity contribution in [3.8, 4) is 5.75 Å². The molecule has 3 saturated heterocycles. The van der Waals surface area contributed by atoms with Gasteiger partial charge in [0.1, 0.15) is 24.6 Å². The van der Waals surface area contributed by atoms with E-state index in [1.54, 1.807) is 6.92 Å². The Balaban J connectivity index is 0.873. The van der Waals surface area contributed by atoms with Crippen LogP contribution < -0.4 is 4.74 Å². The molecule has 5 heterocycles. The van der Waals surface area contributed by atoms with Crippen LogP contribution in [0.1, 0.15) is 116 Å². The van der Waals surface area contributed by atoms with Gasteiger partial charge in [-0.25, -0.2) is 4.79 Å². The number of nitrogens with one attached hydrogen (secondary N) is 1. The van der Waals surface area contributed by atoms with Gasteiger partial charge in [0.15, 0.2) is 12.4 Å². The summed E-state index contributed by atoms with van der Waals surface area (Å²) in [6.45, 7) is 10.9. The van der Waals surface area contributed by atoms with Crippen LogP contribution in [0.2, 0.25) is 0 Å². The van der Waals surface area contributed by atoms with Gasteiger partial charge in [-0.15, -0.1) is 0 Å². The van der Waals surface area contributed by atoms with Crippen LogP contribution in [0.3, 0.4) is 0 Å². The van der Waals surface area contributed by atoms with E-state index in [-0.39, 0.29) is 6.61 Å². The lowest BCUT2D eigenvalue weighted by atomic mass is 9.65. The number of benzene rings is 1.